The number of pyridine rings is 1. The molecule has 0 atom stereocenters. The molecule has 0 aromatic carbocycles. The topological polar surface area (TPSA) is 45.2 Å². The monoisotopic (exact) mass is 217 g/mol. The number of rotatable bonds is 2. The standard InChI is InChI=1S/C12H15N3O/c16-12(15-9-7-13-8-10-15)5-4-11-3-1-2-6-14-11/h1-6,13H,7-10H2. The molecule has 4 nitrogen and oxygen atoms in total. The number of carbonyl (C=O) groups is 1. The smallest absolute Gasteiger partial charge is 0.246 e. The molecule has 16 heavy (non-hydrogen) atoms. The highest BCUT2D eigenvalue weighted by Crippen LogP contribution is 1.99. The summed E-state index contributed by atoms with van der Waals surface area (Å²) in [5, 5.41) is 3.21. The SMILES string of the molecule is O=C(C=Cc1ccccn1)N1CCNCC1. The van der Waals surface area contributed by atoms with Crippen LogP contribution in [0.25, 0.3) is 6.08 Å². The van der Waals surface area contributed by atoms with Crippen LogP contribution in [0.3, 0.4) is 0 Å². The quantitative estimate of drug-likeness (QED) is 0.735. The number of amides is 1. The van der Waals surface area contributed by atoms with Crippen molar-refractivity contribution in [3.05, 3.63) is 36.2 Å². The number of nitrogens with zero attached hydrogens (tertiary/aromatic N) is 2. The minimum absolute atomic E-state index is 0.0622. The number of carbonyl (C=O) groups excluding carboxylic acids is 1. The van der Waals surface area contributed by atoms with Crippen LogP contribution in [0.1, 0.15) is 5.69 Å². The molecule has 4 heteroatoms. The van der Waals surface area contributed by atoms with Gasteiger partial charge in [0.05, 0.1) is 5.69 Å². The molecular formula is C12H15N3O. The van der Waals surface area contributed by atoms with Gasteiger partial charge in [0.15, 0.2) is 0 Å². The van der Waals surface area contributed by atoms with E-state index in [9.17, 15) is 4.79 Å². The van der Waals surface area contributed by atoms with Gasteiger partial charge in [-0.05, 0) is 18.2 Å². The van der Waals surface area contributed by atoms with Gasteiger partial charge in [0.25, 0.3) is 0 Å². The molecule has 0 spiro atoms. The molecule has 0 radical (unpaired) electrons. The van der Waals surface area contributed by atoms with Crippen LogP contribution in [0.4, 0.5) is 0 Å². The van der Waals surface area contributed by atoms with Crippen LogP contribution in [-0.2, 0) is 4.79 Å². The van der Waals surface area contributed by atoms with Crippen LogP contribution in [0.2, 0.25) is 0 Å². The molecule has 84 valence electrons. The second kappa shape index (κ2) is 5.42. The van der Waals surface area contributed by atoms with Gasteiger partial charge in [0.2, 0.25) is 5.91 Å². The van der Waals surface area contributed by atoms with Gasteiger partial charge in [-0.1, -0.05) is 6.07 Å². The summed E-state index contributed by atoms with van der Waals surface area (Å²) < 4.78 is 0. The van der Waals surface area contributed by atoms with Crippen molar-refractivity contribution in [1.82, 2.24) is 15.2 Å². The molecule has 0 aliphatic carbocycles. The predicted octanol–water partition coefficient (Wildman–Crippen LogP) is 0.527. The second-order valence-corrected chi connectivity index (χ2v) is 3.66. The summed E-state index contributed by atoms with van der Waals surface area (Å²) in [6.07, 6.45) is 5.06. The summed E-state index contributed by atoms with van der Waals surface area (Å²) in [7, 11) is 0. The first-order chi connectivity index (χ1) is 7.86. The third-order valence-corrected chi connectivity index (χ3v) is 2.51. The zero-order valence-electron chi connectivity index (χ0n) is 9.10. The van der Waals surface area contributed by atoms with Crippen LogP contribution >= 0.6 is 0 Å². The first-order valence-electron chi connectivity index (χ1n) is 5.45. The molecule has 1 aliphatic rings. The number of hydrogen-bond donors (Lipinski definition) is 1. The Morgan fingerprint density at radius 2 is 2.19 bits per heavy atom. The molecule has 1 aliphatic heterocycles. The van der Waals surface area contributed by atoms with Gasteiger partial charge in [-0.2, -0.15) is 0 Å². The number of hydrogen-bond acceptors (Lipinski definition) is 3. The molecule has 0 unspecified atom stereocenters. The fourth-order valence-electron chi connectivity index (χ4n) is 1.62. The van der Waals surface area contributed by atoms with E-state index in [2.05, 4.69) is 10.3 Å². The molecule has 2 heterocycles. The van der Waals surface area contributed by atoms with Crippen LogP contribution in [0.5, 0.6) is 0 Å². The largest absolute Gasteiger partial charge is 0.337 e. The maximum Gasteiger partial charge on any atom is 0.246 e. The van der Waals surface area contributed by atoms with E-state index in [4.69, 9.17) is 0 Å². The van der Waals surface area contributed by atoms with Gasteiger partial charge in [-0.15, -0.1) is 0 Å². The van der Waals surface area contributed by atoms with E-state index >= 15 is 0 Å². The molecule has 0 saturated carbocycles. The van der Waals surface area contributed by atoms with Gasteiger partial charge < -0.3 is 10.2 Å². The Labute approximate surface area is 95.0 Å². The Morgan fingerprint density at radius 1 is 1.38 bits per heavy atom. The first kappa shape index (κ1) is 10.8. The van der Waals surface area contributed by atoms with E-state index in [-0.39, 0.29) is 5.91 Å². The highest BCUT2D eigenvalue weighted by atomic mass is 16.2. The third kappa shape index (κ3) is 2.90. The Kier molecular flexibility index (Phi) is 3.66. The number of aromatic nitrogens is 1. The second-order valence-electron chi connectivity index (χ2n) is 3.66. The molecule has 1 aromatic rings. The number of nitrogens with one attached hydrogen (secondary N) is 1. The average Bonchev–Trinajstić information content (AvgIpc) is 2.38. The van der Waals surface area contributed by atoms with Crippen molar-refractivity contribution >= 4 is 12.0 Å². The molecule has 1 fully saturated rings. The van der Waals surface area contributed by atoms with Crippen molar-refractivity contribution in [1.29, 1.82) is 0 Å². The van der Waals surface area contributed by atoms with Crippen LogP contribution < -0.4 is 5.32 Å². The lowest BCUT2D eigenvalue weighted by atomic mass is 10.3. The molecule has 1 saturated heterocycles. The van der Waals surface area contributed by atoms with Crippen molar-refractivity contribution in [2.45, 2.75) is 0 Å². The molecule has 1 aromatic heterocycles. The summed E-state index contributed by atoms with van der Waals surface area (Å²) in [4.78, 5) is 17.7. The van der Waals surface area contributed by atoms with E-state index in [0.29, 0.717) is 0 Å². The first-order valence-corrected chi connectivity index (χ1v) is 5.45. The van der Waals surface area contributed by atoms with Crippen molar-refractivity contribution in [2.75, 3.05) is 26.2 Å². The maximum absolute atomic E-state index is 11.8. The van der Waals surface area contributed by atoms with E-state index in [0.717, 1.165) is 31.9 Å². The summed E-state index contributed by atoms with van der Waals surface area (Å²) in [6, 6.07) is 5.64. The van der Waals surface area contributed by atoms with Gasteiger partial charge in [-0.3, -0.25) is 9.78 Å². The zero-order valence-corrected chi connectivity index (χ0v) is 9.10. The zero-order chi connectivity index (χ0) is 11.2. The lowest BCUT2D eigenvalue weighted by Gasteiger charge is -2.26. The van der Waals surface area contributed by atoms with Crippen LogP contribution in [0.15, 0.2) is 30.5 Å². The van der Waals surface area contributed by atoms with Crippen molar-refractivity contribution in [3.8, 4) is 0 Å². The highest BCUT2D eigenvalue weighted by molar-refractivity contribution is 5.91. The van der Waals surface area contributed by atoms with Crippen LogP contribution in [0, 0.1) is 0 Å². The van der Waals surface area contributed by atoms with Gasteiger partial charge in [0, 0.05) is 38.5 Å². The Hall–Kier alpha value is -1.68. The minimum Gasteiger partial charge on any atom is -0.337 e. The summed E-state index contributed by atoms with van der Waals surface area (Å²) in [6.45, 7) is 3.32. The summed E-state index contributed by atoms with van der Waals surface area (Å²) >= 11 is 0. The van der Waals surface area contributed by atoms with Crippen molar-refractivity contribution in [3.63, 3.8) is 0 Å². The molecule has 2 rings (SSSR count). The van der Waals surface area contributed by atoms with E-state index < -0.39 is 0 Å². The fourth-order valence-corrected chi connectivity index (χ4v) is 1.62. The van der Waals surface area contributed by atoms with Gasteiger partial charge >= 0.3 is 0 Å². The highest BCUT2D eigenvalue weighted by Gasteiger charge is 2.12. The Bertz CT molecular complexity index is 369. The van der Waals surface area contributed by atoms with E-state index in [1.165, 1.54) is 0 Å². The Morgan fingerprint density at radius 3 is 2.88 bits per heavy atom. The summed E-state index contributed by atoms with van der Waals surface area (Å²) in [5.74, 6) is 0.0622. The van der Waals surface area contributed by atoms with Crippen molar-refractivity contribution in [2.24, 2.45) is 0 Å². The molecule has 0 bridgehead atoms. The Balaban J connectivity index is 1.93. The molecular weight excluding hydrogens is 202 g/mol. The lowest BCUT2D eigenvalue weighted by Crippen LogP contribution is -2.45. The summed E-state index contributed by atoms with van der Waals surface area (Å²) in [5.41, 5.74) is 0.811. The maximum atomic E-state index is 11.8. The van der Waals surface area contributed by atoms with E-state index in [1.54, 1.807) is 18.3 Å². The van der Waals surface area contributed by atoms with Gasteiger partial charge in [-0.25, -0.2) is 0 Å². The van der Waals surface area contributed by atoms with E-state index in [1.807, 2.05) is 23.1 Å². The molecule has 1 amide bonds. The number of piperazine rings is 1. The normalized spacial score (nSPS) is 16.6. The van der Waals surface area contributed by atoms with Gasteiger partial charge in [0.1, 0.15) is 0 Å². The lowest BCUT2D eigenvalue weighted by molar-refractivity contribution is -0.126. The third-order valence-electron chi connectivity index (χ3n) is 2.51. The molecule has 1 N–H and O–H groups in total. The fraction of sp³-hybridized carbons (Fsp3) is 0.333. The average molecular weight is 217 g/mol. The predicted molar refractivity (Wildman–Crippen MR) is 62.7 cm³/mol. The van der Waals surface area contributed by atoms with Crippen molar-refractivity contribution < 1.29 is 4.79 Å². The minimum atomic E-state index is 0.0622. The van der Waals surface area contributed by atoms with Crippen LogP contribution in [-0.4, -0.2) is 42.0 Å².